The van der Waals surface area contributed by atoms with E-state index in [1.54, 1.807) is 0 Å². The predicted octanol–water partition coefficient (Wildman–Crippen LogP) is 1.57. The summed E-state index contributed by atoms with van der Waals surface area (Å²) in [4.78, 5) is 14.8. The molecule has 1 N–H and O–H groups in total. The standard InChI is InChI=1S/C12H18ClN5O/c1-2-19-12-16-10(13)15-11(17-12)14-8-5-7-18-6-3-4-9(8)18/h8-9H,2-7H2,1H3,(H,14,15,16,17). The van der Waals surface area contributed by atoms with Crippen molar-refractivity contribution < 1.29 is 4.74 Å². The number of aromatic nitrogens is 3. The van der Waals surface area contributed by atoms with E-state index in [0.717, 1.165) is 13.0 Å². The first-order valence-corrected chi connectivity index (χ1v) is 7.19. The Balaban J connectivity index is 1.72. The third-order valence-electron chi connectivity index (χ3n) is 3.78. The van der Waals surface area contributed by atoms with Crippen LogP contribution >= 0.6 is 11.6 Å². The maximum absolute atomic E-state index is 5.89. The van der Waals surface area contributed by atoms with E-state index in [0.29, 0.717) is 24.6 Å². The molecule has 2 atom stereocenters. The Labute approximate surface area is 117 Å². The highest BCUT2D eigenvalue weighted by molar-refractivity contribution is 6.28. The van der Waals surface area contributed by atoms with Gasteiger partial charge in [0.25, 0.3) is 0 Å². The van der Waals surface area contributed by atoms with Gasteiger partial charge in [-0.3, -0.25) is 4.90 Å². The van der Waals surface area contributed by atoms with Crippen molar-refractivity contribution in [1.82, 2.24) is 19.9 Å². The molecule has 104 valence electrons. The van der Waals surface area contributed by atoms with Gasteiger partial charge >= 0.3 is 6.01 Å². The summed E-state index contributed by atoms with van der Waals surface area (Å²) in [5.41, 5.74) is 0. The minimum absolute atomic E-state index is 0.169. The third kappa shape index (κ3) is 2.74. The lowest BCUT2D eigenvalue weighted by atomic mass is 10.1. The summed E-state index contributed by atoms with van der Waals surface area (Å²) in [5, 5.41) is 3.55. The van der Waals surface area contributed by atoms with Crippen molar-refractivity contribution in [2.75, 3.05) is 25.0 Å². The second-order valence-electron chi connectivity index (χ2n) is 4.93. The number of halogens is 1. The Morgan fingerprint density at radius 3 is 3.05 bits per heavy atom. The average Bonchev–Trinajstić information content (AvgIpc) is 2.94. The zero-order chi connectivity index (χ0) is 13.2. The molecule has 1 aromatic heterocycles. The Bertz CT molecular complexity index is 458. The van der Waals surface area contributed by atoms with Crippen LogP contribution in [0.25, 0.3) is 0 Å². The van der Waals surface area contributed by atoms with Gasteiger partial charge in [0.15, 0.2) is 0 Å². The van der Waals surface area contributed by atoms with E-state index in [-0.39, 0.29) is 11.3 Å². The van der Waals surface area contributed by atoms with Gasteiger partial charge in [-0.2, -0.15) is 15.0 Å². The molecule has 0 aliphatic carbocycles. The molecule has 2 aliphatic rings. The highest BCUT2D eigenvalue weighted by Gasteiger charge is 2.37. The van der Waals surface area contributed by atoms with Crippen LogP contribution in [0.4, 0.5) is 5.95 Å². The molecule has 1 aromatic rings. The van der Waals surface area contributed by atoms with E-state index < -0.39 is 0 Å². The Hall–Kier alpha value is -1.14. The number of hydrogen-bond donors (Lipinski definition) is 1. The van der Waals surface area contributed by atoms with Crippen LogP contribution in [0.5, 0.6) is 6.01 Å². The molecule has 3 rings (SSSR count). The van der Waals surface area contributed by atoms with Crippen molar-refractivity contribution in [1.29, 1.82) is 0 Å². The van der Waals surface area contributed by atoms with Crippen LogP contribution in [0.1, 0.15) is 26.2 Å². The van der Waals surface area contributed by atoms with Gasteiger partial charge < -0.3 is 10.1 Å². The molecule has 2 fully saturated rings. The molecule has 7 heteroatoms. The topological polar surface area (TPSA) is 63.2 Å². The first-order valence-electron chi connectivity index (χ1n) is 6.81. The number of nitrogens with zero attached hydrogens (tertiary/aromatic N) is 4. The van der Waals surface area contributed by atoms with Gasteiger partial charge in [0.2, 0.25) is 11.2 Å². The predicted molar refractivity (Wildman–Crippen MR) is 72.6 cm³/mol. The molecule has 6 nitrogen and oxygen atoms in total. The van der Waals surface area contributed by atoms with Crippen molar-refractivity contribution in [3.8, 4) is 6.01 Å². The summed E-state index contributed by atoms with van der Waals surface area (Å²) < 4.78 is 5.28. The Morgan fingerprint density at radius 2 is 2.21 bits per heavy atom. The van der Waals surface area contributed by atoms with Crippen molar-refractivity contribution in [3.05, 3.63) is 5.28 Å². The summed E-state index contributed by atoms with van der Waals surface area (Å²) >= 11 is 5.89. The molecular weight excluding hydrogens is 266 g/mol. The van der Waals surface area contributed by atoms with Gasteiger partial charge in [-0.15, -0.1) is 0 Å². The highest BCUT2D eigenvalue weighted by Crippen LogP contribution is 2.29. The average molecular weight is 284 g/mol. The van der Waals surface area contributed by atoms with Gasteiger partial charge in [0.05, 0.1) is 6.61 Å². The molecular formula is C12H18ClN5O. The van der Waals surface area contributed by atoms with E-state index in [9.17, 15) is 0 Å². The zero-order valence-electron chi connectivity index (χ0n) is 11.0. The zero-order valence-corrected chi connectivity index (χ0v) is 11.7. The summed E-state index contributed by atoms with van der Waals surface area (Å²) in [7, 11) is 0. The molecule has 0 amide bonds. The monoisotopic (exact) mass is 283 g/mol. The Morgan fingerprint density at radius 1 is 1.32 bits per heavy atom. The summed E-state index contributed by atoms with van der Waals surface area (Å²) in [6, 6.07) is 1.29. The molecule has 0 saturated carbocycles. The lowest BCUT2D eigenvalue weighted by Gasteiger charge is -2.21. The highest BCUT2D eigenvalue weighted by atomic mass is 35.5. The molecule has 2 unspecified atom stereocenters. The fourth-order valence-corrected chi connectivity index (χ4v) is 3.16. The fourth-order valence-electron chi connectivity index (χ4n) is 3.01. The van der Waals surface area contributed by atoms with Crippen molar-refractivity contribution in [2.24, 2.45) is 0 Å². The van der Waals surface area contributed by atoms with Crippen LogP contribution in [0, 0.1) is 0 Å². The van der Waals surface area contributed by atoms with Crippen LogP contribution in [0.3, 0.4) is 0 Å². The maximum Gasteiger partial charge on any atom is 0.322 e. The minimum Gasteiger partial charge on any atom is -0.464 e. The van der Waals surface area contributed by atoms with E-state index in [1.807, 2.05) is 6.92 Å². The number of fused-ring (bicyclic) bond motifs is 1. The van der Waals surface area contributed by atoms with Crippen molar-refractivity contribution >= 4 is 17.5 Å². The molecule has 0 aromatic carbocycles. The van der Waals surface area contributed by atoms with Crippen LogP contribution in [-0.2, 0) is 0 Å². The molecule has 3 heterocycles. The van der Waals surface area contributed by atoms with Crippen molar-refractivity contribution in [2.45, 2.75) is 38.3 Å². The maximum atomic E-state index is 5.89. The third-order valence-corrected chi connectivity index (χ3v) is 3.95. The largest absolute Gasteiger partial charge is 0.464 e. The number of ether oxygens (including phenoxy) is 1. The molecule has 0 bridgehead atoms. The van der Waals surface area contributed by atoms with E-state index in [4.69, 9.17) is 16.3 Å². The fraction of sp³-hybridized carbons (Fsp3) is 0.750. The van der Waals surface area contributed by atoms with Crippen molar-refractivity contribution in [3.63, 3.8) is 0 Å². The lowest BCUT2D eigenvalue weighted by Crippen LogP contribution is -2.34. The SMILES string of the molecule is CCOc1nc(Cl)nc(NC2CCN3CCCC23)n1. The van der Waals surface area contributed by atoms with Gasteiger partial charge in [-0.1, -0.05) is 0 Å². The Kier molecular flexibility index (Phi) is 3.70. The van der Waals surface area contributed by atoms with Crippen LogP contribution in [0.2, 0.25) is 5.28 Å². The second kappa shape index (κ2) is 5.46. The van der Waals surface area contributed by atoms with Crippen LogP contribution < -0.4 is 10.1 Å². The molecule has 0 spiro atoms. The molecule has 2 saturated heterocycles. The van der Waals surface area contributed by atoms with Gasteiger partial charge in [-0.05, 0) is 44.3 Å². The first kappa shape index (κ1) is 12.9. The number of hydrogen-bond acceptors (Lipinski definition) is 6. The number of anilines is 1. The molecule has 19 heavy (non-hydrogen) atoms. The second-order valence-corrected chi connectivity index (χ2v) is 5.27. The summed E-state index contributed by atoms with van der Waals surface area (Å²) in [6.45, 7) is 4.77. The summed E-state index contributed by atoms with van der Waals surface area (Å²) in [6.07, 6.45) is 3.65. The van der Waals surface area contributed by atoms with E-state index in [2.05, 4.69) is 25.2 Å². The lowest BCUT2D eigenvalue weighted by molar-refractivity contribution is 0.310. The minimum atomic E-state index is 0.169. The number of nitrogens with one attached hydrogen (secondary N) is 1. The van der Waals surface area contributed by atoms with Gasteiger partial charge in [0, 0.05) is 18.6 Å². The quantitative estimate of drug-likeness (QED) is 0.905. The smallest absolute Gasteiger partial charge is 0.322 e. The molecule has 0 radical (unpaired) electrons. The van der Waals surface area contributed by atoms with Gasteiger partial charge in [-0.25, -0.2) is 0 Å². The van der Waals surface area contributed by atoms with E-state index >= 15 is 0 Å². The summed E-state index contributed by atoms with van der Waals surface area (Å²) in [5.74, 6) is 0.516. The van der Waals surface area contributed by atoms with E-state index in [1.165, 1.54) is 19.4 Å². The first-order chi connectivity index (χ1) is 9.26. The molecule has 2 aliphatic heterocycles. The van der Waals surface area contributed by atoms with Crippen LogP contribution in [-0.4, -0.2) is 51.6 Å². The normalized spacial score (nSPS) is 26.4. The van der Waals surface area contributed by atoms with Gasteiger partial charge in [0.1, 0.15) is 0 Å². The van der Waals surface area contributed by atoms with Crippen LogP contribution in [0.15, 0.2) is 0 Å². The number of rotatable bonds is 4.